The first-order valence-electron chi connectivity index (χ1n) is 10.9. The predicted molar refractivity (Wildman–Crippen MR) is 138 cm³/mol. The van der Waals surface area contributed by atoms with Crippen molar-refractivity contribution < 1.29 is 18.0 Å². The van der Waals surface area contributed by atoms with E-state index in [-0.39, 0.29) is 18.4 Å². The van der Waals surface area contributed by atoms with E-state index in [1.54, 1.807) is 44.2 Å². The summed E-state index contributed by atoms with van der Waals surface area (Å²) in [5.74, 6) is -0.615. The maximum Gasteiger partial charge on any atom is 0.244 e. The number of nitrogens with one attached hydrogen (secondary N) is 1. The molecule has 0 unspecified atom stereocenters. The molecule has 2 rings (SSSR count). The molecule has 7 nitrogen and oxygen atoms in total. The number of nitrogens with zero attached hydrogens (tertiary/aromatic N) is 2. The van der Waals surface area contributed by atoms with Gasteiger partial charge in [-0.05, 0) is 55.2 Å². The monoisotopic (exact) mass is 527 g/mol. The summed E-state index contributed by atoms with van der Waals surface area (Å²) >= 11 is 12.3. The Morgan fingerprint density at radius 1 is 1.03 bits per heavy atom. The Hall–Kier alpha value is -2.29. The van der Waals surface area contributed by atoms with E-state index >= 15 is 0 Å². The average Bonchev–Trinajstić information content (AvgIpc) is 2.75. The van der Waals surface area contributed by atoms with Crippen LogP contribution in [0, 0.1) is 0 Å². The zero-order valence-electron chi connectivity index (χ0n) is 20.0. The molecule has 0 aromatic heterocycles. The molecule has 1 atom stereocenters. The molecule has 0 heterocycles. The van der Waals surface area contributed by atoms with E-state index < -0.39 is 28.5 Å². The van der Waals surface area contributed by atoms with Gasteiger partial charge in [0.25, 0.3) is 0 Å². The molecule has 0 aliphatic heterocycles. The van der Waals surface area contributed by atoms with E-state index in [4.69, 9.17) is 23.2 Å². The van der Waals surface area contributed by atoms with Gasteiger partial charge in [0, 0.05) is 23.1 Å². The van der Waals surface area contributed by atoms with Gasteiger partial charge in [0.1, 0.15) is 12.6 Å². The van der Waals surface area contributed by atoms with Gasteiger partial charge < -0.3 is 10.2 Å². The summed E-state index contributed by atoms with van der Waals surface area (Å²) in [5.41, 5.74) is 2.01. The molecule has 2 aromatic carbocycles. The zero-order valence-corrected chi connectivity index (χ0v) is 22.3. The molecule has 0 saturated carbocycles. The molecule has 2 amide bonds. The van der Waals surface area contributed by atoms with Crippen molar-refractivity contribution in [3.63, 3.8) is 0 Å². The summed E-state index contributed by atoms with van der Waals surface area (Å²) < 4.78 is 26.3. The van der Waals surface area contributed by atoms with E-state index in [0.717, 1.165) is 16.1 Å². The second-order valence-electron chi connectivity index (χ2n) is 8.34. The Kier molecular flexibility index (Phi) is 9.79. The highest BCUT2D eigenvalue weighted by Crippen LogP contribution is 2.25. The zero-order chi connectivity index (χ0) is 25.6. The summed E-state index contributed by atoms with van der Waals surface area (Å²) in [6.07, 6.45) is 1.05. The van der Waals surface area contributed by atoms with Gasteiger partial charge in [-0.2, -0.15) is 0 Å². The number of likely N-dealkylation sites (N-methyl/N-ethyl adjacent to an activating group) is 1. The lowest BCUT2D eigenvalue weighted by Crippen LogP contribution is -2.51. The van der Waals surface area contributed by atoms with Crippen LogP contribution in [0.5, 0.6) is 0 Å². The number of carbonyl (C=O) groups excluding carboxylic acids is 2. The number of sulfonamides is 1. The first-order valence-corrected chi connectivity index (χ1v) is 13.5. The standard InChI is InChI=1S/C24H31Cl2N3O4S/c1-6-27-24(31)17(4)28(14-19-7-10-20(25)13-22(19)26)23(30)15-29(34(5,32)33)21-11-8-18(9-12-21)16(2)3/h7-13,16-17H,6,14-15H2,1-5H3,(H,27,31)/t17-/m0/s1. The van der Waals surface area contributed by atoms with Crippen molar-refractivity contribution in [2.45, 2.75) is 46.2 Å². The molecule has 0 bridgehead atoms. The molecule has 34 heavy (non-hydrogen) atoms. The molecule has 10 heteroatoms. The van der Waals surface area contributed by atoms with Gasteiger partial charge in [0.05, 0.1) is 11.9 Å². The molecule has 0 fully saturated rings. The fourth-order valence-corrected chi connectivity index (χ4v) is 4.70. The van der Waals surface area contributed by atoms with Crippen molar-refractivity contribution in [1.82, 2.24) is 10.2 Å². The Labute approximate surface area is 212 Å². The van der Waals surface area contributed by atoms with Crippen LogP contribution in [-0.2, 0) is 26.2 Å². The molecule has 186 valence electrons. The lowest BCUT2D eigenvalue weighted by Gasteiger charge is -2.31. The van der Waals surface area contributed by atoms with Gasteiger partial charge in [-0.3, -0.25) is 13.9 Å². The highest BCUT2D eigenvalue weighted by molar-refractivity contribution is 7.92. The molecule has 1 N–H and O–H groups in total. The Morgan fingerprint density at radius 2 is 1.65 bits per heavy atom. The van der Waals surface area contributed by atoms with Crippen LogP contribution in [0.3, 0.4) is 0 Å². The smallest absolute Gasteiger partial charge is 0.244 e. The first kappa shape index (κ1) is 28.0. The fourth-order valence-electron chi connectivity index (χ4n) is 3.38. The van der Waals surface area contributed by atoms with E-state index in [2.05, 4.69) is 5.32 Å². The third kappa shape index (κ3) is 7.35. The van der Waals surface area contributed by atoms with Crippen molar-refractivity contribution in [3.05, 3.63) is 63.6 Å². The van der Waals surface area contributed by atoms with Crippen molar-refractivity contribution in [2.24, 2.45) is 0 Å². The lowest BCUT2D eigenvalue weighted by molar-refractivity contribution is -0.139. The number of carbonyl (C=O) groups is 2. The normalized spacial score (nSPS) is 12.4. The highest BCUT2D eigenvalue weighted by atomic mass is 35.5. The minimum atomic E-state index is -3.78. The Morgan fingerprint density at radius 3 is 2.15 bits per heavy atom. The van der Waals surface area contributed by atoms with Crippen molar-refractivity contribution >= 4 is 50.7 Å². The van der Waals surface area contributed by atoms with Crippen LogP contribution in [0.25, 0.3) is 0 Å². The number of rotatable bonds is 10. The second-order valence-corrected chi connectivity index (χ2v) is 11.1. The molecule has 0 saturated heterocycles. The molecule has 2 aromatic rings. The summed E-state index contributed by atoms with van der Waals surface area (Å²) in [7, 11) is -3.78. The van der Waals surface area contributed by atoms with Crippen LogP contribution in [0.4, 0.5) is 5.69 Å². The number of halogens is 2. The van der Waals surface area contributed by atoms with Crippen LogP contribution in [0.15, 0.2) is 42.5 Å². The van der Waals surface area contributed by atoms with Gasteiger partial charge >= 0.3 is 0 Å². The number of benzene rings is 2. The SMILES string of the molecule is CCNC(=O)[C@H](C)N(Cc1ccc(Cl)cc1Cl)C(=O)CN(c1ccc(C(C)C)cc1)S(C)(=O)=O. The van der Waals surface area contributed by atoms with Gasteiger partial charge in [-0.25, -0.2) is 8.42 Å². The van der Waals surface area contributed by atoms with E-state index in [0.29, 0.717) is 27.8 Å². The van der Waals surface area contributed by atoms with E-state index in [1.807, 2.05) is 26.0 Å². The molecule has 0 spiro atoms. The minimum Gasteiger partial charge on any atom is -0.355 e. The minimum absolute atomic E-state index is 0.0109. The average molecular weight is 529 g/mol. The largest absolute Gasteiger partial charge is 0.355 e. The number of anilines is 1. The number of hydrogen-bond acceptors (Lipinski definition) is 4. The summed E-state index contributed by atoms with van der Waals surface area (Å²) in [4.78, 5) is 27.4. The summed E-state index contributed by atoms with van der Waals surface area (Å²) in [5, 5.41) is 3.49. The van der Waals surface area contributed by atoms with Crippen LogP contribution in [0.1, 0.15) is 44.7 Å². The van der Waals surface area contributed by atoms with Gasteiger partial charge in [0.2, 0.25) is 21.8 Å². The lowest BCUT2D eigenvalue weighted by atomic mass is 10.0. The summed E-state index contributed by atoms with van der Waals surface area (Å²) in [6.45, 7) is 7.38. The molecular weight excluding hydrogens is 497 g/mol. The summed E-state index contributed by atoms with van der Waals surface area (Å²) in [6, 6.07) is 11.0. The maximum absolute atomic E-state index is 13.5. The molecule has 0 aliphatic carbocycles. The number of amides is 2. The highest BCUT2D eigenvalue weighted by Gasteiger charge is 2.30. The van der Waals surface area contributed by atoms with E-state index in [1.165, 1.54) is 4.90 Å². The van der Waals surface area contributed by atoms with Crippen LogP contribution in [-0.4, -0.2) is 50.5 Å². The molecular formula is C24H31Cl2N3O4S. The maximum atomic E-state index is 13.5. The molecule has 0 radical (unpaired) electrons. The Bertz CT molecular complexity index is 1120. The topological polar surface area (TPSA) is 86.8 Å². The van der Waals surface area contributed by atoms with Gasteiger partial charge in [0.15, 0.2) is 0 Å². The van der Waals surface area contributed by atoms with Gasteiger partial charge in [-0.15, -0.1) is 0 Å². The van der Waals surface area contributed by atoms with Crippen molar-refractivity contribution in [1.29, 1.82) is 0 Å². The fraction of sp³-hybridized carbons (Fsp3) is 0.417. The van der Waals surface area contributed by atoms with Crippen molar-refractivity contribution in [3.8, 4) is 0 Å². The van der Waals surface area contributed by atoms with Crippen LogP contribution < -0.4 is 9.62 Å². The van der Waals surface area contributed by atoms with Crippen LogP contribution >= 0.6 is 23.2 Å². The third-order valence-electron chi connectivity index (χ3n) is 5.40. The number of hydrogen-bond donors (Lipinski definition) is 1. The quantitative estimate of drug-likeness (QED) is 0.494. The third-order valence-corrected chi connectivity index (χ3v) is 7.13. The first-order chi connectivity index (χ1) is 15.8. The van der Waals surface area contributed by atoms with E-state index in [9.17, 15) is 18.0 Å². The Balaban J connectivity index is 2.41. The molecule has 0 aliphatic rings. The predicted octanol–water partition coefficient (Wildman–Crippen LogP) is 4.44. The van der Waals surface area contributed by atoms with Gasteiger partial charge in [-0.1, -0.05) is 55.2 Å². The van der Waals surface area contributed by atoms with Crippen LogP contribution in [0.2, 0.25) is 10.0 Å². The second kappa shape index (κ2) is 11.9. The van der Waals surface area contributed by atoms with Crippen molar-refractivity contribution in [2.75, 3.05) is 23.7 Å².